The van der Waals surface area contributed by atoms with Gasteiger partial charge in [-0.15, -0.1) is 0 Å². The number of nitriles is 1. The molecule has 0 heterocycles. The van der Waals surface area contributed by atoms with Crippen molar-refractivity contribution in [2.45, 2.75) is 33.8 Å². The Balaban J connectivity index is 2.32. The zero-order valence-electron chi connectivity index (χ0n) is 15.3. The standard InChI is InChI=1S/C21H21BrN2O2/c1-13(2)26-20-8-6-18(22)11-16(20)10-17(12-23)21(25)24-19-7-5-14(3)15(4)9-19/h5-11,13H,1-4H3,(H,24,25)/b17-10+. The van der Waals surface area contributed by atoms with Crippen molar-refractivity contribution in [3.05, 3.63) is 63.1 Å². The number of nitrogens with zero attached hydrogens (tertiary/aromatic N) is 1. The first-order valence-corrected chi connectivity index (χ1v) is 9.06. The molecule has 0 radical (unpaired) electrons. The minimum Gasteiger partial charge on any atom is -0.490 e. The van der Waals surface area contributed by atoms with Gasteiger partial charge in [0.2, 0.25) is 0 Å². The molecular formula is C21H21BrN2O2. The maximum absolute atomic E-state index is 12.5. The van der Waals surface area contributed by atoms with Crippen LogP contribution in [-0.2, 0) is 4.79 Å². The van der Waals surface area contributed by atoms with Crippen molar-refractivity contribution >= 4 is 33.6 Å². The minimum atomic E-state index is -0.453. The van der Waals surface area contributed by atoms with Gasteiger partial charge in [0.25, 0.3) is 5.91 Å². The lowest BCUT2D eigenvalue weighted by molar-refractivity contribution is -0.112. The Kier molecular flexibility index (Phi) is 6.59. The lowest BCUT2D eigenvalue weighted by Gasteiger charge is -2.13. The van der Waals surface area contributed by atoms with E-state index in [0.29, 0.717) is 17.0 Å². The molecule has 0 unspecified atom stereocenters. The van der Waals surface area contributed by atoms with E-state index >= 15 is 0 Å². The summed E-state index contributed by atoms with van der Waals surface area (Å²) >= 11 is 3.41. The van der Waals surface area contributed by atoms with Crippen molar-refractivity contribution in [1.29, 1.82) is 5.26 Å². The van der Waals surface area contributed by atoms with E-state index in [2.05, 4.69) is 21.2 Å². The second-order valence-corrected chi connectivity index (χ2v) is 7.19. The maximum Gasteiger partial charge on any atom is 0.266 e. The fourth-order valence-electron chi connectivity index (χ4n) is 2.32. The predicted octanol–water partition coefficient (Wildman–Crippen LogP) is 5.40. The van der Waals surface area contributed by atoms with Crippen molar-refractivity contribution < 1.29 is 9.53 Å². The molecule has 4 nitrogen and oxygen atoms in total. The number of carbonyl (C=O) groups excluding carboxylic acids is 1. The summed E-state index contributed by atoms with van der Waals surface area (Å²) in [6, 6.07) is 13.1. The Morgan fingerprint density at radius 2 is 1.92 bits per heavy atom. The zero-order valence-corrected chi connectivity index (χ0v) is 16.8. The van der Waals surface area contributed by atoms with Gasteiger partial charge < -0.3 is 10.1 Å². The molecule has 0 atom stereocenters. The molecule has 0 bridgehead atoms. The van der Waals surface area contributed by atoms with Crippen LogP contribution < -0.4 is 10.1 Å². The van der Waals surface area contributed by atoms with E-state index in [-0.39, 0.29) is 11.7 Å². The first kappa shape index (κ1) is 19.7. The summed E-state index contributed by atoms with van der Waals surface area (Å²) in [6.07, 6.45) is 1.52. The van der Waals surface area contributed by atoms with Crippen molar-refractivity contribution in [3.8, 4) is 11.8 Å². The third-order valence-electron chi connectivity index (χ3n) is 3.76. The maximum atomic E-state index is 12.5. The number of hydrogen-bond donors (Lipinski definition) is 1. The predicted molar refractivity (Wildman–Crippen MR) is 108 cm³/mol. The number of ether oxygens (including phenoxy) is 1. The molecule has 5 heteroatoms. The SMILES string of the molecule is Cc1ccc(NC(=O)/C(C#N)=C/c2cc(Br)ccc2OC(C)C)cc1C. The Morgan fingerprint density at radius 3 is 2.54 bits per heavy atom. The summed E-state index contributed by atoms with van der Waals surface area (Å²) in [5, 5.41) is 12.2. The number of rotatable bonds is 5. The van der Waals surface area contributed by atoms with E-state index in [0.717, 1.165) is 15.6 Å². The smallest absolute Gasteiger partial charge is 0.266 e. The highest BCUT2D eigenvalue weighted by Crippen LogP contribution is 2.27. The van der Waals surface area contributed by atoms with Crippen LogP contribution in [0, 0.1) is 25.2 Å². The van der Waals surface area contributed by atoms with Gasteiger partial charge in [-0.05, 0) is 75.2 Å². The van der Waals surface area contributed by atoms with Crippen LogP contribution in [0.5, 0.6) is 5.75 Å². The number of halogens is 1. The molecule has 0 aliphatic rings. The summed E-state index contributed by atoms with van der Waals surface area (Å²) in [6.45, 7) is 7.83. The van der Waals surface area contributed by atoms with E-state index < -0.39 is 5.91 Å². The van der Waals surface area contributed by atoms with E-state index in [9.17, 15) is 10.1 Å². The van der Waals surface area contributed by atoms with Crippen LogP contribution in [0.25, 0.3) is 6.08 Å². The third kappa shape index (κ3) is 5.21. The number of aryl methyl sites for hydroxylation is 2. The Hall–Kier alpha value is -2.58. The lowest BCUT2D eigenvalue weighted by atomic mass is 10.1. The Labute approximate surface area is 162 Å². The highest BCUT2D eigenvalue weighted by molar-refractivity contribution is 9.10. The van der Waals surface area contributed by atoms with E-state index in [1.807, 2.05) is 70.2 Å². The topological polar surface area (TPSA) is 62.1 Å². The Bertz CT molecular complexity index is 895. The van der Waals surface area contributed by atoms with Gasteiger partial charge in [-0.2, -0.15) is 5.26 Å². The molecule has 0 aliphatic carbocycles. The molecule has 1 amide bonds. The molecule has 0 aromatic heterocycles. The summed E-state index contributed by atoms with van der Waals surface area (Å²) in [5.41, 5.74) is 3.55. The van der Waals surface area contributed by atoms with Crippen molar-refractivity contribution in [1.82, 2.24) is 0 Å². The number of benzene rings is 2. The second-order valence-electron chi connectivity index (χ2n) is 6.27. The molecule has 2 aromatic rings. The van der Waals surface area contributed by atoms with Crippen molar-refractivity contribution in [3.63, 3.8) is 0 Å². The normalized spacial score (nSPS) is 11.2. The number of carbonyl (C=O) groups is 1. The largest absolute Gasteiger partial charge is 0.490 e. The highest BCUT2D eigenvalue weighted by atomic mass is 79.9. The van der Waals surface area contributed by atoms with Crippen LogP contribution in [0.4, 0.5) is 5.69 Å². The number of hydrogen-bond acceptors (Lipinski definition) is 3. The van der Waals surface area contributed by atoms with Crippen LogP contribution >= 0.6 is 15.9 Å². The average molecular weight is 413 g/mol. The van der Waals surface area contributed by atoms with Gasteiger partial charge in [-0.1, -0.05) is 22.0 Å². The van der Waals surface area contributed by atoms with Crippen LogP contribution in [0.15, 0.2) is 46.4 Å². The van der Waals surface area contributed by atoms with Crippen molar-refractivity contribution in [2.24, 2.45) is 0 Å². The van der Waals surface area contributed by atoms with Gasteiger partial charge in [0.15, 0.2) is 0 Å². The van der Waals surface area contributed by atoms with Crippen molar-refractivity contribution in [2.75, 3.05) is 5.32 Å². The molecule has 0 saturated heterocycles. The molecule has 0 fully saturated rings. The van der Waals surface area contributed by atoms with E-state index in [1.165, 1.54) is 0 Å². The molecule has 0 saturated carbocycles. The highest BCUT2D eigenvalue weighted by Gasteiger charge is 2.13. The molecule has 2 rings (SSSR count). The lowest BCUT2D eigenvalue weighted by Crippen LogP contribution is -2.14. The van der Waals surface area contributed by atoms with Crippen LogP contribution in [0.3, 0.4) is 0 Å². The van der Waals surface area contributed by atoms with Gasteiger partial charge in [0, 0.05) is 15.7 Å². The minimum absolute atomic E-state index is 0.00920. The Morgan fingerprint density at radius 1 is 1.19 bits per heavy atom. The average Bonchev–Trinajstić information content (AvgIpc) is 2.57. The van der Waals surface area contributed by atoms with E-state index in [4.69, 9.17) is 4.74 Å². The van der Waals surface area contributed by atoms with Crippen LogP contribution in [-0.4, -0.2) is 12.0 Å². The van der Waals surface area contributed by atoms with Crippen LogP contribution in [0.1, 0.15) is 30.5 Å². The van der Waals surface area contributed by atoms with Gasteiger partial charge in [0.05, 0.1) is 6.10 Å². The first-order valence-electron chi connectivity index (χ1n) is 8.26. The fraction of sp³-hybridized carbons (Fsp3) is 0.238. The van der Waals surface area contributed by atoms with Gasteiger partial charge in [-0.25, -0.2) is 0 Å². The quantitative estimate of drug-likeness (QED) is 0.528. The third-order valence-corrected chi connectivity index (χ3v) is 4.26. The summed E-state index contributed by atoms with van der Waals surface area (Å²) in [7, 11) is 0. The van der Waals surface area contributed by atoms with Gasteiger partial charge >= 0.3 is 0 Å². The number of amides is 1. The summed E-state index contributed by atoms with van der Waals surface area (Å²) in [5.74, 6) is 0.168. The van der Waals surface area contributed by atoms with Gasteiger partial charge in [-0.3, -0.25) is 4.79 Å². The molecule has 1 N–H and O–H groups in total. The number of anilines is 1. The first-order chi connectivity index (χ1) is 12.3. The second kappa shape index (κ2) is 8.68. The van der Waals surface area contributed by atoms with E-state index in [1.54, 1.807) is 6.08 Å². The van der Waals surface area contributed by atoms with Gasteiger partial charge in [0.1, 0.15) is 17.4 Å². The summed E-state index contributed by atoms with van der Waals surface area (Å²) < 4.78 is 6.61. The molecule has 0 aliphatic heterocycles. The van der Waals surface area contributed by atoms with Crippen LogP contribution in [0.2, 0.25) is 0 Å². The monoisotopic (exact) mass is 412 g/mol. The molecule has 0 spiro atoms. The fourth-order valence-corrected chi connectivity index (χ4v) is 2.69. The number of nitrogens with one attached hydrogen (secondary N) is 1. The summed E-state index contributed by atoms with van der Waals surface area (Å²) in [4.78, 5) is 12.5. The molecule has 26 heavy (non-hydrogen) atoms. The molecule has 2 aromatic carbocycles. The zero-order chi connectivity index (χ0) is 19.3. The molecular weight excluding hydrogens is 392 g/mol. The molecule has 134 valence electrons.